The molecule has 0 aliphatic carbocycles. The van der Waals surface area contributed by atoms with Crippen LogP contribution < -0.4 is 10.1 Å². The van der Waals surface area contributed by atoms with Gasteiger partial charge in [0.25, 0.3) is 0 Å². The summed E-state index contributed by atoms with van der Waals surface area (Å²) in [6.07, 6.45) is 0. The standard InChI is InChI=1S/C15H15BrClNO/c16-15-7-6-13(17)10-12(15)11-18-8-9-19-14-4-2-1-3-5-14/h1-7,10,18H,8-9,11H2. The number of ether oxygens (including phenoxy) is 1. The van der Waals surface area contributed by atoms with Crippen LogP contribution in [0.2, 0.25) is 5.02 Å². The van der Waals surface area contributed by atoms with Crippen molar-refractivity contribution >= 4 is 27.5 Å². The van der Waals surface area contributed by atoms with Crippen molar-refractivity contribution in [2.75, 3.05) is 13.2 Å². The summed E-state index contributed by atoms with van der Waals surface area (Å²) in [4.78, 5) is 0. The summed E-state index contributed by atoms with van der Waals surface area (Å²) in [7, 11) is 0. The van der Waals surface area contributed by atoms with Crippen LogP contribution in [0.3, 0.4) is 0 Å². The van der Waals surface area contributed by atoms with Gasteiger partial charge in [-0.15, -0.1) is 0 Å². The molecule has 0 aliphatic heterocycles. The van der Waals surface area contributed by atoms with Crippen LogP contribution in [-0.4, -0.2) is 13.2 Å². The van der Waals surface area contributed by atoms with Crippen LogP contribution in [0.4, 0.5) is 0 Å². The zero-order valence-electron chi connectivity index (χ0n) is 10.4. The van der Waals surface area contributed by atoms with Gasteiger partial charge in [0.1, 0.15) is 12.4 Å². The number of nitrogens with one attached hydrogen (secondary N) is 1. The van der Waals surface area contributed by atoms with Gasteiger partial charge in [-0.05, 0) is 35.9 Å². The number of halogens is 2. The zero-order valence-corrected chi connectivity index (χ0v) is 12.7. The van der Waals surface area contributed by atoms with E-state index in [1.807, 2.05) is 48.5 Å². The molecule has 0 amide bonds. The lowest BCUT2D eigenvalue weighted by Crippen LogP contribution is -2.20. The van der Waals surface area contributed by atoms with E-state index in [2.05, 4.69) is 21.2 Å². The van der Waals surface area contributed by atoms with Crippen LogP contribution in [0, 0.1) is 0 Å². The van der Waals surface area contributed by atoms with Crippen molar-refractivity contribution in [1.29, 1.82) is 0 Å². The Bertz CT molecular complexity index is 519. The van der Waals surface area contributed by atoms with Crippen LogP contribution in [0.5, 0.6) is 5.75 Å². The highest BCUT2D eigenvalue weighted by atomic mass is 79.9. The number of para-hydroxylation sites is 1. The highest BCUT2D eigenvalue weighted by Gasteiger charge is 2.00. The lowest BCUT2D eigenvalue weighted by molar-refractivity contribution is 0.313. The number of hydrogen-bond acceptors (Lipinski definition) is 2. The quantitative estimate of drug-likeness (QED) is 0.793. The first-order valence-corrected chi connectivity index (χ1v) is 7.25. The second kappa shape index (κ2) is 7.53. The van der Waals surface area contributed by atoms with Crippen LogP contribution in [0.1, 0.15) is 5.56 Å². The average Bonchev–Trinajstić information content (AvgIpc) is 2.43. The lowest BCUT2D eigenvalue weighted by Gasteiger charge is -2.09. The van der Waals surface area contributed by atoms with Gasteiger partial charge in [0.2, 0.25) is 0 Å². The van der Waals surface area contributed by atoms with E-state index in [0.29, 0.717) is 6.61 Å². The molecule has 100 valence electrons. The monoisotopic (exact) mass is 339 g/mol. The lowest BCUT2D eigenvalue weighted by atomic mass is 10.2. The Labute approximate surface area is 126 Å². The molecule has 0 atom stereocenters. The molecule has 19 heavy (non-hydrogen) atoms. The highest BCUT2D eigenvalue weighted by Crippen LogP contribution is 2.20. The van der Waals surface area contributed by atoms with Gasteiger partial charge in [0.15, 0.2) is 0 Å². The molecule has 0 heterocycles. The minimum Gasteiger partial charge on any atom is -0.492 e. The SMILES string of the molecule is Clc1ccc(Br)c(CNCCOc2ccccc2)c1. The summed E-state index contributed by atoms with van der Waals surface area (Å²) in [5.74, 6) is 0.897. The third kappa shape index (κ3) is 4.86. The van der Waals surface area contributed by atoms with E-state index in [1.54, 1.807) is 0 Å². The minimum atomic E-state index is 0.641. The third-order valence-corrected chi connectivity index (χ3v) is 3.62. The van der Waals surface area contributed by atoms with Crippen LogP contribution in [0.15, 0.2) is 53.0 Å². The van der Waals surface area contributed by atoms with E-state index >= 15 is 0 Å². The molecular weight excluding hydrogens is 326 g/mol. The summed E-state index contributed by atoms with van der Waals surface area (Å²) in [5.41, 5.74) is 1.15. The van der Waals surface area contributed by atoms with Gasteiger partial charge in [-0.2, -0.15) is 0 Å². The molecule has 0 unspecified atom stereocenters. The molecule has 0 spiro atoms. The molecule has 0 radical (unpaired) electrons. The van der Waals surface area contributed by atoms with Crippen molar-refractivity contribution in [3.8, 4) is 5.75 Å². The molecule has 0 bridgehead atoms. The average molecular weight is 341 g/mol. The molecular formula is C15H15BrClNO. The molecule has 0 aromatic heterocycles. The first kappa shape index (κ1) is 14.4. The fraction of sp³-hybridized carbons (Fsp3) is 0.200. The van der Waals surface area contributed by atoms with Gasteiger partial charge in [0, 0.05) is 22.6 Å². The maximum atomic E-state index is 5.96. The van der Waals surface area contributed by atoms with Gasteiger partial charge >= 0.3 is 0 Å². The van der Waals surface area contributed by atoms with Crippen molar-refractivity contribution < 1.29 is 4.74 Å². The Morgan fingerprint density at radius 2 is 1.89 bits per heavy atom. The summed E-state index contributed by atoms with van der Waals surface area (Å²) in [5, 5.41) is 4.08. The molecule has 2 aromatic rings. The molecule has 0 fully saturated rings. The van der Waals surface area contributed by atoms with Gasteiger partial charge in [-0.1, -0.05) is 45.7 Å². The van der Waals surface area contributed by atoms with Gasteiger partial charge in [-0.3, -0.25) is 0 Å². The predicted molar refractivity (Wildman–Crippen MR) is 82.8 cm³/mol. The smallest absolute Gasteiger partial charge is 0.119 e. The first-order valence-electron chi connectivity index (χ1n) is 6.08. The fourth-order valence-corrected chi connectivity index (χ4v) is 2.24. The van der Waals surface area contributed by atoms with E-state index in [4.69, 9.17) is 16.3 Å². The number of rotatable bonds is 6. The van der Waals surface area contributed by atoms with Crippen molar-refractivity contribution in [3.05, 3.63) is 63.6 Å². The van der Waals surface area contributed by atoms with E-state index in [1.165, 1.54) is 0 Å². The van der Waals surface area contributed by atoms with E-state index < -0.39 is 0 Å². The van der Waals surface area contributed by atoms with Crippen molar-refractivity contribution in [2.45, 2.75) is 6.54 Å². The molecule has 0 saturated heterocycles. The first-order chi connectivity index (χ1) is 9.25. The maximum Gasteiger partial charge on any atom is 0.119 e. The second-order valence-corrected chi connectivity index (χ2v) is 5.36. The Hall–Kier alpha value is -1.03. The van der Waals surface area contributed by atoms with Crippen LogP contribution in [0.25, 0.3) is 0 Å². The molecule has 1 N–H and O–H groups in total. The highest BCUT2D eigenvalue weighted by molar-refractivity contribution is 9.10. The van der Waals surface area contributed by atoms with Crippen molar-refractivity contribution in [2.24, 2.45) is 0 Å². The Morgan fingerprint density at radius 3 is 2.68 bits per heavy atom. The second-order valence-electron chi connectivity index (χ2n) is 4.07. The summed E-state index contributed by atoms with van der Waals surface area (Å²) in [6.45, 7) is 2.19. The third-order valence-electron chi connectivity index (χ3n) is 2.61. The molecule has 0 saturated carbocycles. The van der Waals surface area contributed by atoms with Gasteiger partial charge in [0.05, 0.1) is 0 Å². The van der Waals surface area contributed by atoms with Crippen LogP contribution in [-0.2, 0) is 6.54 Å². The molecule has 4 heteroatoms. The Balaban J connectivity index is 1.71. The predicted octanol–water partition coefficient (Wildman–Crippen LogP) is 4.27. The number of benzene rings is 2. The molecule has 2 rings (SSSR count). The molecule has 2 aromatic carbocycles. The summed E-state index contributed by atoms with van der Waals surface area (Å²) < 4.78 is 6.66. The zero-order chi connectivity index (χ0) is 13.5. The largest absolute Gasteiger partial charge is 0.492 e. The maximum absolute atomic E-state index is 5.96. The van der Waals surface area contributed by atoms with Gasteiger partial charge in [-0.25, -0.2) is 0 Å². The summed E-state index contributed by atoms with van der Waals surface area (Å²) in [6, 6.07) is 15.6. The van der Waals surface area contributed by atoms with E-state index in [9.17, 15) is 0 Å². The van der Waals surface area contributed by atoms with Gasteiger partial charge < -0.3 is 10.1 Å². The van der Waals surface area contributed by atoms with E-state index in [0.717, 1.165) is 33.9 Å². The molecule has 2 nitrogen and oxygen atoms in total. The summed E-state index contributed by atoms with van der Waals surface area (Å²) >= 11 is 9.47. The number of hydrogen-bond donors (Lipinski definition) is 1. The van der Waals surface area contributed by atoms with Crippen molar-refractivity contribution in [3.63, 3.8) is 0 Å². The topological polar surface area (TPSA) is 21.3 Å². The normalized spacial score (nSPS) is 10.4. The Morgan fingerprint density at radius 1 is 1.11 bits per heavy atom. The molecule has 0 aliphatic rings. The minimum absolute atomic E-state index is 0.641. The van der Waals surface area contributed by atoms with Crippen LogP contribution >= 0.6 is 27.5 Å². The van der Waals surface area contributed by atoms with E-state index in [-0.39, 0.29) is 0 Å². The Kier molecular flexibility index (Phi) is 5.70. The fourth-order valence-electron chi connectivity index (χ4n) is 1.66. The van der Waals surface area contributed by atoms with Crippen molar-refractivity contribution in [1.82, 2.24) is 5.32 Å².